The predicted molar refractivity (Wildman–Crippen MR) is 59.7 cm³/mol. The van der Waals surface area contributed by atoms with Gasteiger partial charge in [-0.2, -0.15) is 0 Å². The van der Waals surface area contributed by atoms with Crippen LogP contribution in [0.5, 0.6) is 0 Å². The van der Waals surface area contributed by atoms with E-state index in [1.807, 2.05) is 0 Å². The van der Waals surface area contributed by atoms with Crippen molar-refractivity contribution in [3.63, 3.8) is 0 Å². The summed E-state index contributed by atoms with van der Waals surface area (Å²) in [5, 5.41) is 0. The van der Waals surface area contributed by atoms with Gasteiger partial charge in [-0.3, -0.25) is 0 Å². The van der Waals surface area contributed by atoms with Gasteiger partial charge in [0.15, 0.2) is 0 Å². The first-order chi connectivity index (χ1) is 6.11. The smallest absolute Gasteiger partial charge is 0.0178 e. The lowest BCUT2D eigenvalue weighted by molar-refractivity contribution is 0.327. The summed E-state index contributed by atoms with van der Waals surface area (Å²) in [7, 11) is 0. The van der Waals surface area contributed by atoms with Gasteiger partial charge in [-0.05, 0) is 43.9 Å². The van der Waals surface area contributed by atoms with Crippen LogP contribution in [-0.4, -0.2) is 0 Å². The zero-order valence-corrected chi connectivity index (χ0v) is 9.47. The Morgan fingerprint density at radius 2 is 1.85 bits per heavy atom. The van der Waals surface area contributed by atoms with Crippen LogP contribution in [0.4, 0.5) is 0 Å². The van der Waals surface area contributed by atoms with Gasteiger partial charge in [0, 0.05) is 0 Å². The van der Waals surface area contributed by atoms with E-state index in [-0.39, 0.29) is 0 Å². The van der Waals surface area contributed by atoms with Crippen molar-refractivity contribution in [1.29, 1.82) is 0 Å². The first kappa shape index (κ1) is 10.8. The molecule has 0 N–H and O–H groups in total. The normalized spacial score (nSPS) is 20.9. The summed E-state index contributed by atoms with van der Waals surface area (Å²) >= 11 is 0. The molecule has 0 aromatic rings. The average molecular weight is 180 g/mol. The second-order valence-electron chi connectivity index (χ2n) is 5.13. The SMILES string of the molecule is C=C(C)C(CC(C)C)C1CCCC1. The lowest BCUT2D eigenvalue weighted by Crippen LogP contribution is -2.15. The maximum absolute atomic E-state index is 4.15. The molecule has 0 heteroatoms. The van der Waals surface area contributed by atoms with Gasteiger partial charge < -0.3 is 0 Å². The Hall–Kier alpha value is -0.260. The number of allylic oxidation sites excluding steroid dienone is 1. The molecule has 0 nitrogen and oxygen atoms in total. The third kappa shape index (κ3) is 3.17. The summed E-state index contributed by atoms with van der Waals surface area (Å²) in [5.41, 5.74) is 1.42. The number of rotatable bonds is 4. The Bertz CT molecular complexity index is 161. The zero-order valence-electron chi connectivity index (χ0n) is 9.47. The molecular formula is C13H24. The lowest BCUT2D eigenvalue weighted by Gasteiger charge is -2.25. The standard InChI is InChI=1S/C13H24/c1-10(2)9-13(11(3)4)12-7-5-6-8-12/h10,12-13H,3,5-9H2,1-2,4H3. The van der Waals surface area contributed by atoms with E-state index in [1.54, 1.807) is 0 Å². The number of hydrogen-bond donors (Lipinski definition) is 0. The van der Waals surface area contributed by atoms with E-state index < -0.39 is 0 Å². The molecule has 0 aromatic carbocycles. The lowest BCUT2D eigenvalue weighted by atomic mass is 9.80. The molecule has 0 amide bonds. The highest BCUT2D eigenvalue weighted by Gasteiger charge is 2.25. The van der Waals surface area contributed by atoms with Crippen molar-refractivity contribution >= 4 is 0 Å². The molecule has 1 rings (SSSR count). The summed E-state index contributed by atoms with van der Waals surface area (Å²) in [6.07, 6.45) is 7.15. The Morgan fingerprint density at radius 3 is 2.23 bits per heavy atom. The molecule has 0 aromatic heterocycles. The molecule has 1 atom stereocenters. The van der Waals surface area contributed by atoms with E-state index in [0.29, 0.717) is 0 Å². The summed E-state index contributed by atoms with van der Waals surface area (Å²) in [6, 6.07) is 0. The molecular weight excluding hydrogens is 156 g/mol. The van der Waals surface area contributed by atoms with E-state index in [0.717, 1.165) is 17.8 Å². The highest BCUT2D eigenvalue weighted by Crippen LogP contribution is 2.37. The summed E-state index contributed by atoms with van der Waals surface area (Å²) < 4.78 is 0. The zero-order chi connectivity index (χ0) is 9.84. The Balaban J connectivity index is 2.50. The quantitative estimate of drug-likeness (QED) is 0.562. The van der Waals surface area contributed by atoms with Crippen LogP contribution < -0.4 is 0 Å². The molecule has 1 unspecified atom stereocenters. The van der Waals surface area contributed by atoms with Crippen LogP contribution in [0.1, 0.15) is 52.9 Å². The highest BCUT2D eigenvalue weighted by molar-refractivity contribution is 5.00. The van der Waals surface area contributed by atoms with Crippen LogP contribution in [0.25, 0.3) is 0 Å². The number of hydrogen-bond acceptors (Lipinski definition) is 0. The first-order valence-corrected chi connectivity index (χ1v) is 5.76. The van der Waals surface area contributed by atoms with Crippen molar-refractivity contribution in [2.75, 3.05) is 0 Å². The summed E-state index contributed by atoms with van der Waals surface area (Å²) in [6.45, 7) is 11.0. The van der Waals surface area contributed by atoms with Gasteiger partial charge in [0.2, 0.25) is 0 Å². The minimum absolute atomic E-state index is 0.808. The van der Waals surface area contributed by atoms with Crippen LogP contribution in [-0.2, 0) is 0 Å². The summed E-state index contributed by atoms with van der Waals surface area (Å²) in [4.78, 5) is 0. The molecule has 0 bridgehead atoms. The molecule has 0 radical (unpaired) electrons. The van der Waals surface area contributed by atoms with Gasteiger partial charge in [-0.25, -0.2) is 0 Å². The second kappa shape index (κ2) is 4.83. The van der Waals surface area contributed by atoms with E-state index >= 15 is 0 Å². The van der Waals surface area contributed by atoms with E-state index in [9.17, 15) is 0 Å². The van der Waals surface area contributed by atoms with E-state index in [2.05, 4.69) is 27.4 Å². The maximum Gasteiger partial charge on any atom is -0.0178 e. The van der Waals surface area contributed by atoms with Gasteiger partial charge in [0.1, 0.15) is 0 Å². The summed E-state index contributed by atoms with van der Waals surface area (Å²) in [5.74, 6) is 2.59. The van der Waals surface area contributed by atoms with Crippen molar-refractivity contribution in [3.05, 3.63) is 12.2 Å². The van der Waals surface area contributed by atoms with Gasteiger partial charge >= 0.3 is 0 Å². The van der Waals surface area contributed by atoms with Gasteiger partial charge in [0.05, 0.1) is 0 Å². The largest absolute Gasteiger partial charge is 0.0999 e. The monoisotopic (exact) mass is 180 g/mol. The van der Waals surface area contributed by atoms with Gasteiger partial charge in [0.25, 0.3) is 0 Å². The van der Waals surface area contributed by atoms with Gasteiger partial charge in [-0.15, -0.1) is 0 Å². The molecule has 1 aliphatic rings. The Kier molecular flexibility index (Phi) is 4.02. The van der Waals surface area contributed by atoms with E-state index in [4.69, 9.17) is 0 Å². The van der Waals surface area contributed by atoms with Crippen molar-refractivity contribution in [1.82, 2.24) is 0 Å². The molecule has 76 valence electrons. The topological polar surface area (TPSA) is 0 Å². The minimum Gasteiger partial charge on any atom is -0.0999 e. The van der Waals surface area contributed by atoms with Crippen molar-refractivity contribution < 1.29 is 0 Å². The molecule has 0 saturated heterocycles. The van der Waals surface area contributed by atoms with Crippen LogP contribution in [0, 0.1) is 17.8 Å². The molecule has 0 aliphatic heterocycles. The van der Waals surface area contributed by atoms with Crippen molar-refractivity contribution in [2.24, 2.45) is 17.8 Å². The maximum atomic E-state index is 4.15. The van der Waals surface area contributed by atoms with Crippen molar-refractivity contribution in [2.45, 2.75) is 52.9 Å². The average Bonchev–Trinajstić information content (AvgIpc) is 2.50. The third-order valence-electron chi connectivity index (χ3n) is 3.33. The Morgan fingerprint density at radius 1 is 1.31 bits per heavy atom. The molecule has 0 heterocycles. The Labute approximate surface area is 83.4 Å². The second-order valence-corrected chi connectivity index (χ2v) is 5.13. The first-order valence-electron chi connectivity index (χ1n) is 5.76. The van der Waals surface area contributed by atoms with Gasteiger partial charge in [-0.1, -0.05) is 38.8 Å². The van der Waals surface area contributed by atoms with Crippen LogP contribution in [0.15, 0.2) is 12.2 Å². The fourth-order valence-corrected chi connectivity index (χ4v) is 2.66. The molecule has 1 saturated carbocycles. The molecule has 13 heavy (non-hydrogen) atoms. The predicted octanol–water partition coefficient (Wildman–Crippen LogP) is 4.42. The minimum atomic E-state index is 0.808. The fourth-order valence-electron chi connectivity index (χ4n) is 2.66. The molecule has 0 spiro atoms. The molecule has 1 aliphatic carbocycles. The van der Waals surface area contributed by atoms with Crippen LogP contribution in [0.3, 0.4) is 0 Å². The van der Waals surface area contributed by atoms with Crippen LogP contribution >= 0.6 is 0 Å². The van der Waals surface area contributed by atoms with E-state index in [1.165, 1.54) is 37.7 Å². The fraction of sp³-hybridized carbons (Fsp3) is 0.846. The highest BCUT2D eigenvalue weighted by atomic mass is 14.3. The third-order valence-corrected chi connectivity index (χ3v) is 3.33. The van der Waals surface area contributed by atoms with Crippen LogP contribution in [0.2, 0.25) is 0 Å². The van der Waals surface area contributed by atoms with Crippen molar-refractivity contribution in [3.8, 4) is 0 Å². The molecule has 1 fully saturated rings.